The number of aromatic nitrogens is 3. The maximum absolute atomic E-state index is 13.5. The van der Waals surface area contributed by atoms with Gasteiger partial charge in [0.1, 0.15) is 17.4 Å². The van der Waals surface area contributed by atoms with Crippen molar-refractivity contribution in [2.45, 2.75) is 33.3 Å². The van der Waals surface area contributed by atoms with Crippen LogP contribution in [0, 0.1) is 18.3 Å². The van der Waals surface area contributed by atoms with E-state index in [2.05, 4.69) is 27.9 Å². The van der Waals surface area contributed by atoms with Gasteiger partial charge in [-0.25, -0.2) is 24.5 Å². The Kier molecular flexibility index (Phi) is 10.6. The third-order valence-electron chi connectivity index (χ3n) is 7.38. The summed E-state index contributed by atoms with van der Waals surface area (Å²) >= 11 is 0. The van der Waals surface area contributed by atoms with Gasteiger partial charge in [0.25, 0.3) is 0 Å². The van der Waals surface area contributed by atoms with Gasteiger partial charge in [-0.05, 0) is 77.7 Å². The number of carboxylic acid groups (broad SMARTS) is 1. The number of benzene rings is 2. The second kappa shape index (κ2) is 14.4. The molecule has 2 N–H and O–H groups in total. The molecule has 0 unspecified atom stereocenters. The van der Waals surface area contributed by atoms with Crippen molar-refractivity contribution in [2.24, 2.45) is 7.05 Å². The Morgan fingerprint density at radius 2 is 1.86 bits per heavy atom. The van der Waals surface area contributed by atoms with Crippen molar-refractivity contribution in [1.82, 2.24) is 19.4 Å². The van der Waals surface area contributed by atoms with Gasteiger partial charge in [-0.1, -0.05) is 6.58 Å². The van der Waals surface area contributed by atoms with E-state index in [9.17, 15) is 24.8 Å². The minimum Gasteiger partial charge on any atom is -0.494 e. The lowest BCUT2D eigenvalue weighted by atomic mass is 10.0. The number of fused-ring (bicyclic) bond motifs is 1. The van der Waals surface area contributed by atoms with Crippen molar-refractivity contribution in [2.75, 3.05) is 49.4 Å². The van der Waals surface area contributed by atoms with Crippen molar-refractivity contribution in [3.63, 3.8) is 0 Å². The normalized spacial score (nSPS) is 11.2. The first-order valence-electron chi connectivity index (χ1n) is 15.3. The molecular formula is C35H40N8O6. The number of anilines is 4. The molecule has 256 valence electrons. The topological polar surface area (TPSA) is 166 Å². The number of nitrogens with one attached hydrogen (secondary N) is 1. The predicted octanol–water partition coefficient (Wildman–Crippen LogP) is 6.07. The number of likely N-dealkylation sites (N-methyl/N-ethyl adjacent to an activating group) is 1. The zero-order valence-corrected chi connectivity index (χ0v) is 28.9. The van der Waals surface area contributed by atoms with Gasteiger partial charge in [0, 0.05) is 49.5 Å². The first kappa shape index (κ1) is 35.9. The molecule has 4 aromatic rings. The molecule has 0 saturated carbocycles. The Morgan fingerprint density at radius 3 is 2.45 bits per heavy atom. The number of methoxy groups -OCH3 is 1. The van der Waals surface area contributed by atoms with Crippen LogP contribution in [-0.4, -0.2) is 82.5 Å². The molecule has 0 aliphatic heterocycles. The number of amides is 3. The molecular weight excluding hydrogens is 628 g/mol. The fourth-order valence-corrected chi connectivity index (χ4v) is 5.22. The highest BCUT2D eigenvalue weighted by Crippen LogP contribution is 2.42. The molecule has 14 heteroatoms. The summed E-state index contributed by atoms with van der Waals surface area (Å²) in [4.78, 5) is 52.0. The molecule has 0 saturated heterocycles. The third kappa shape index (κ3) is 7.96. The number of hydrogen-bond donors (Lipinski definition) is 2. The number of ether oxygens (including phenoxy) is 2. The van der Waals surface area contributed by atoms with Crippen LogP contribution < -0.4 is 19.9 Å². The summed E-state index contributed by atoms with van der Waals surface area (Å²) in [5, 5.41) is 24.0. The van der Waals surface area contributed by atoms with Gasteiger partial charge >= 0.3 is 12.2 Å². The Hall–Kier alpha value is -5.94. The van der Waals surface area contributed by atoms with Gasteiger partial charge in [0.15, 0.2) is 0 Å². The number of carbonyl (C=O) groups excluding carboxylic acids is 2. The van der Waals surface area contributed by atoms with E-state index in [4.69, 9.17) is 9.47 Å². The highest BCUT2D eigenvalue weighted by Gasteiger charge is 2.31. The maximum Gasteiger partial charge on any atom is 0.419 e. The molecule has 0 spiro atoms. The zero-order chi connectivity index (χ0) is 36.2. The van der Waals surface area contributed by atoms with Crippen LogP contribution >= 0.6 is 0 Å². The molecule has 2 aromatic carbocycles. The first-order valence-corrected chi connectivity index (χ1v) is 15.3. The van der Waals surface area contributed by atoms with Gasteiger partial charge in [-0.2, -0.15) is 5.26 Å². The summed E-state index contributed by atoms with van der Waals surface area (Å²) in [7, 11) is 6.90. The van der Waals surface area contributed by atoms with E-state index in [0.29, 0.717) is 23.4 Å². The maximum atomic E-state index is 13.5. The third-order valence-corrected chi connectivity index (χ3v) is 7.38. The predicted molar refractivity (Wildman–Crippen MR) is 188 cm³/mol. The fraction of sp³-hybridized carbons (Fsp3) is 0.314. The summed E-state index contributed by atoms with van der Waals surface area (Å²) in [6.07, 6.45) is 2.25. The van der Waals surface area contributed by atoms with Crippen molar-refractivity contribution in [3.8, 4) is 23.1 Å². The number of hydrogen-bond acceptors (Lipinski definition) is 9. The molecule has 3 amide bonds. The van der Waals surface area contributed by atoms with E-state index >= 15 is 0 Å². The van der Waals surface area contributed by atoms with E-state index in [1.54, 1.807) is 32.9 Å². The van der Waals surface area contributed by atoms with E-state index in [-0.39, 0.29) is 35.3 Å². The lowest BCUT2D eigenvalue weighted by Crippen LogP contribution is -2.41. The molecule has 4 rings (SSSR count). The molecule has 0 atom stereocenters. The molecule has 2 aromatic heterocycles. The minimum absolute atomic E-state index is 0.0366. The van der Waals surface area contributed by atoms with Crippen LogP contribution in [0.5, 0.6) is 5.75 Å². The number of aryl methyl sites for hydroxylation is 2. The molecule has 0 aliphatic carbocycles. The van der Waals surface area contributed by atoms with Crippen LogP contribution in [0.1, 0.15) is 31.9 Å². The second-order valence-corrected chi connectivity index (χ2v) is 12.5. The highest BCUT2D eigenvalue weighted by molar-refractivity contribution is 6.06. The van der Waals surface area contributed by atoms with Crippen LogP contribution in [0.3, 0.4) is 0 Å². The summed E-state index contributed by atoms with van der Waals surface area (Å²) in [6.45, 7) is 11.3. The summed E-state index contributed by atoms with van der Waals surface area (Å²) in [5.41, 5.74) is 2.52. The van der Waals surface area contributed by atoms with Crippen LogP contribution in [0.4, 0.5) is 32.6 Å². The first-order chi connectivity index (χ1) is 23.1. The van der Waals surface area contributed by atoms with Gasteiger partial charge < -0.3 is 29.4 Å². The average Bonchev–Trinajstić information content (AvgIpc) is 3.33. The van der Waals surface area contributed by atoms with Gasteiger partial charge in [-0.15, -0.1) is 0 Å². The molecule has 14 nitrogen and oxygen atoms in total. The van der Waals surface area contributed by atoms with Gasteiger partial charge in [0.05, 0.1) is 40.9 Å². The van der Waals surface area contributed by atoms with Crippen LogP contribution in [0.15, 0.2) is 55.4 Å². The Bertz CT molecular complexity index is 1970. The minimum atomic E-state index is -1.45. The van der Waals surface area contributed by atoms with E-state index in [1.807, 2.05) is 49.8 Å². The SMILES string of the molecule is C=CC(=O)Nc1cc(N(C(=O)O)c2nccc(-c3cc(C#N)c4c(c3)c(C)cn4C)n2)c(OC)cc1N(CCN(C)C)C(=O)OC(C)(C)C. The van der Waals surface area contributed by atoms with Crippen LogP contribution in [0.25, 0.3) is 22.2 Å². The van der Waals surface area contributed by atoms with Crippen molar-refractivity contribution >= 4 is 52.0 Å². The standard InChI is InChI=1S/C35H40N8O6/c1-10-30(44)38-26-17-28(29(48-9)18-27(26)42(14-13-40(6)7)34(47)49-35(3,4)5)43(33(45)46)32-37-12-11-25(39-32)22-15-23(19-36)31-24(16-22)21(2)20-41(31)8/h10-12,15-18,20H,1,13-14H2,2-9H3,(H,38,44)(H,45,46). The largest absolute Gasteiger partial charge is 0.494 e. The average molecular weight is 669 g/mol. The van der Waals surface area contributed by atoms with E-state index in [0.717, 1.165) is 27.4 Å². The summed E-state index contributed by atoms with van der Waals surface area (Å²) < 4.78 is 13.2. The Morgan fingerprint density at radius 1 is 1.14 bits per heavy atom. The van der Waals surface area contributed by atoms with Crippen molar-refractivity contribution < 1.29 is 29.0 Å². The lowest BCUT2D eigenvalue weighted by Gasteiger charge is -2.31. The smallest absolute Gasteiger partial charge is 0.419 e. The zero-order valence-electron chi connectivity index (χ0n) is 28.9. The van der Waals surface area contributed by atoms with Gasteiger partial charge in [0.2, 0.25) is 11.9 Å². The number of nitrogens with zero attached hydrogens (tertiary/aromatic N) is 7. The van der Waals surface area contributed by atoms with Crippen LogP contribution in [0.2, 0.25) is 0 Å². The molecule has 0 bridgehead atoms. The second-order valence-electron chi connectivity index (χ2n) is 12.5. The van der Waals surface area contributed by atoms with E-state index in [1.165, 1.54) is 30.3 Å². The number of nitriles is 1. The molecule has 0 radical (unpaired) electrons. The molecule has 2 heterocycles. The van der Waals surface area contributed by atoms with Gasteiger partial charge in [-0.3, -0.25) is 9.69 Å². The lowest BCUT2D eigenvalue weighted by molar-refractivity contribution is -0.111. The summed E-state index contributed by atoms with van der Waals surface area (Å²) in [5.74, 6) is -0.791. The number of carbonyl (C=O) groups is 3. The Labute approximate surface area is 284 Å². The van der Waals surface area contributed by atoms with E-state index < -0.39 is 23.7 Å². The fourth-order valence-electron chi connectivity index (χ4n) is 5.22. The highest BCUT2D eigenvalue weighted by atomic mass is 16.6. The van der Waals surface area contributed by atoms with Crippen LogP contribution in [-0.2, 0) is 16.6 Å². The molecule has 0 aliphatic rings. The number of rotatable bonds is 10. The Balaban J connectivity index is 1.91. The molecule has 49 heavy (non-hydrogen) atoms. The monoisotopic (exact) mass is 668 g/mol. The molecule has 0 fully saturated rings. The summed E-state index contributed by atoms with van der Waals surface area (Å²) in [6, 6.07) is 10.2. The van der Waals surface area contributed by atoms with Crippen molar-refractivity contribution in [1.29, 1.82) is 5.26 Å². The van der Waals surface area contributed by atoms with Crippen molar-refractivity contribution in [3.05, 3.63) is 66.5 Å². The quantitative estimate of drug-likeness (QED) is 0.190.